The number of nitrogens with zero attached hydrogens (tertiary/aromatic N) is 1. The Morgan fingerprint density at radius 1 is 1.47 bits per heavy atom. The molecular formula is C11H7ClF3NO. The van der Waals surface area contributed by atoms with Crippen molar-refractivity contribution in [3.8, 4) is 6.07 Å². The fraction of sp³-hybridized carbons (Fsp3) is 0.273. The van der Waals surface area contributed by atoms with Gasteiger partial charge in [-0.1, -0.05) is 0 Å². The van der Waals surface area contributed by atoms with Crippen molar-refractivity contribution in [2.24, 2.45) is 0 Å². The minimum atomic E-state index is -4.67. The summed E-state index contributed by atoms with van der Waals surface area (Å²) in [5.74, 6) is -1.16. The van der Waals surface area contributed by atoms with E-state index in [-0.39, 0.29) is 11.1 Å². The molecule has 1 rings (SSSR count). The summed E-state index contributed by atoms with van der Waals surface area (Å²) in [6, 6.07) is 3.49. The lowest BCUT2D eigenvalue weighted by molar-refractivity contribution is -0.137. The Bertz CT molecular complexity index is 503. The highest BCUT2D eigenvalue weighted by Crippen LogP contribution is 2.34. The predicted octanol–water partition coefficient (Wildman–Crippen LogP) is 3.31. The van der Waals surface area contributed by atoms with E-state index in [4.69, 9.17) is 16.9 Å². The summed E-state index contributed by atoms with van der Waals surface area (Å²) >= 11 is 5.29. The molecule has 17 heavy (non-hydrogen) atoms. The van der Waals surface area contributed by atoms with E-state index in [2.05, 4.69) is 0 Å². The maximum atomic E-state index is 12.7. The Labute approximate surface area is 101 Å². The van der Waals surface area contributed by atoms with Crippen LogP contribution in [0.25, 0.3) is 0 Å². The topological polar surface area (TPSA) is 40.9 Å². The number of Topliss-reactive ketones (excluding diaryl/α,β-unsaturated/α-hetero) is 1. The molecule has 0 amide bonds. The standard InChI is InChI=1S/C11H7ClF3NO/c1-6-2-7(10(17)4-12)8(5-16)9(3-6)11(13,14)15/h2-3H,4H2,1H3. The smallest absolute Gasteiger partial charge is 0.293 e. The average molecular weight is 262 g/mol. The molecule has 0 aromatic heterocycles. The van der Waals surface area contributed by atoms with Gasteiger partial charge in [0.2, 0.25) is 0 Å². The van der Waals surface area contributed by atoms with Crippen LogP contribution in [0.1, 0.15) is 27.0 Å². The molecule has 0 bridgehead atoms. The zero-order chi connectivity index (χ0) is 13.2. The largest absolute Gasteiger partial charge is 0.417 e. The predicted molar refractivity (Wildman–Crippen MR) is 55.9 cm³/mol. The van der Waals surface area contributed by atoms with Crippen molar-refractivity contribution in [1.29, 1.82) is 5.26 Å². The maximum Gasteiger partial charge on any atom is 0.417 e. The summed E-state index contributed by atoms with van der Waals surface area (Å²) in [4.78, 5) is 11.4. The van der Waals surface area contributed by atoms with Gasteiger partial charge in [-0.25, -0.2) is 0 Å². The summed E-state index contributed by atoms with van der Waals surface area (Å²) in [7, 11) is 0. The first-order valence-electron chi connectivity index (χ1n) is 4.52. The van der Waals surface area contributed by atoms with E-state index < -0.39 is 29.0 Å². The Hall–Kier alpha value is -1.54. The third-order valence-electron chi connectivity index (χ3n) is 2.12. The molecule has 0 heterocycles. The first-order valence-corrected chi connectivity index (χ1v) is 5.05. The van der Waals surface area contributed by atoms with Crippen LogP contribution in [0.2, 0.25) is 0 Å². The van der Waals surface area contributed by atoms with Crippen molar-refractivity contribution < 1.29 is 18.0 Å². The normalized spacial score (nSPS) is 11.1. The third-order valence-corrected chi connectivity index (χ3v) is 2.36. The van der Waals surface area contributed by atoms with Crippen LogP contribution >= 0.6 is 11.6 Å². The summed E-state index contributed by atoms with van der Waals surface area (Å²) in [6.45, 7) is 1.42. The number of carbonyl (C=O) groups excluding carboxylic acids is 1. The Kier molecular flexibility index (Phi) is 3.79. The Balaban J connectivity index is 3.59. The Morgan fingerprint density at radius 3 is 2.47 bits per heavy atom. The van der Waals surface area contributed by atoms with E-state index in [9.17, 15) is 18.0 Å². The van der Waals surface area contributed by atoms with Crippen LogP contribution in [0.4, 0.5) is 13.2 Å². The Morgan fingerprint density at radius 2 is 2.06 bits per heavy atom. The highest BCUT2D eigenvalue weighted by molar-refractivity contribution is 6.30. The van der Waals surface area contributed by atoms with Crippen LogP contribution in [0.5, 0.6) is 0 Å². The van der Waals surface area contributed by atoms with Crippen LogP contribution < -0.4 is 0 Å². The second-order valence-corrected chi connectivity index (χ2v) is 3.67. The third kappa shape index (κ3) is 2.77. The second kappa shape index (κ2) is 4.76. The van der Waals surface area contributed by atoms with Gasteiger partial charge in [-0.3, -0.25) is 4.79 Å². The number of nitriles is 1. The number of hydrogen-bond donors (Lipinski definition) is 0. The minimum absolute atomic E-state index is 0.254. The van der Waals surface area contributed by atoms with Crippen LogP contribution in [0.3, 0.4) is 0 Å². The maximum absolute atomic E-state index is 12.7. The van der Waals surface area contributed by atoms with Gasteiger partial charge in [0, 0.05) is 5.56 Å². The van der Waals surface area contributed by atoms with Gasteiger partial charge in [-0.05, 0) is 24.6 Å². The molecule has 0 aliphatic rings. The van der Waals surface area contributed by atoms with E-state index in [0.29, 0.717) is 0 Å². The first-order chi connectivity index (χ1) is 7.81. The summed E-state index contributed by atoms with van der Waals surface area (Å²) in [6.07, 6.45) is -4.67. The van der Waals surface area contributed by atoms with Gasteiger partial charge in [0.15, 0.2) is 5.78 Å². The van der Waals surface area contributed by atoms with Gasteiger partial charge < -0.3 is 0 Å². The molecule has 0 spiro atoms. The van der Waals surface area contributed by atoms with E-state index in [1.807, 2.05) is 0 Å². The van der Waals surface area contributed by atoms with Crippen LogP contribution in [0, 0.1) is 18.3 Å². The second-order valence-electron chi connectivity index (χ2n) is 3.40. The molecule has 2 nitrogen and oxygen atoms in total. The number of hydrogen-bond acceptors (Lipinski definition) is 2. The van der Waals surface area contributed by atoms with Gasteiger partial charge in [0.05, 0.1) is 17.0 Å². The van der Waals surface area contributed by atoms with Gasteiger partial charge in [-0.15, -0.1) is 11.6 Å². The van der Waals surface area contributed by atoms with E-state index in [1.54, 1.807) is 0 Å². The lowest BCUT2D eigenvalue weighted by Gasteiger charge is -2.12. The summed E-state index contributed by atoms with van der Waals surface area (Å²) in [5, 5.41) is 8.75. The molecule has 0 atom stereocenters. The van der Waals surface area contributed by atoms with Gasteiger partial charge in [-0.2, -0.15) is 18.4 Å². The number of benzene rings is 1. The SMILES string of the molecule is Cc1cc(C(=O)CCl)c(C#N)c(C(F)(F)F)c1. The molecule has 0 saturated heterocycles. The van der Waals surface area contributed by atoms with Crippen LogP contribution in [-0.4, -0.2) is 11.7 Å². The molecule has 1 aromatic rings. The zero-order valence-corrected chi connectivity index (χ0v) is 9.49. The summed E-state index contributed by atoms with van der Waals surface area (Å²) in [5.41, 5.74) is -1.80. The zero-order valence-electron chi connectivity index (χ0n) is 8.73. The minimum Gasteiger partial charge on any atom is -0.293 e. The molecule has 0 radical (unpaired) electrons. The first kappa shape index (κ1) is 13.5. The number of ketones is 1. The molecule has 6 heteroatoms. The van der Waals surface area contributed by atoms with Gasteiger partial charge >= 0.3 is 6.18 Å². The monoisotopic (exact) mass is 261 g/mol. The lowest BCUT2D eigenvalue weighted by Crippen LogP contribution is -2.13. The van der Waals surface area contributed by atoms with Crippen molar-refractivity contribution in [3.05, 3.63) is 34.4 Å². The highest BCUT2D eigenvalue weighted by atomic mass is 35.5. The van der Waals surface area contributed by atoms with Crippen molar-refractivity contribution in [2.45, 2.75) is 13.1 Å². The lowest BCUT2D eigenvalue weighted by atomic mass is 9.96. The van der Waals surface area contributed by atoms with Gasteiger partial charge in [0.1, 0.15) is 6.07 Å². The van der Waals surface area contributed by atoms with Crippen LogP contribution in [0.15, 0.2) is 12.1 Å². The molecule has 0 N–H and O–H groups in total. The van der Waals surface area contributed by atoms with Crippen molar-refractivity contribution in [2.75, 3.05) is 5.88 Å². The molecule has 90 valence electrons. The average Bonchev–Trinajstić information content (AvgIpc) is 2.25. The van der Waals surface area contributed by atoms with E-state index in [0.717, 1.165) is 6.07 Å². The van der Waals surface area contributed by atoms with E-state index in [1.165, 1.54) is 19.1 Å². The molecule has 0 aliphatic heterocycles. The van der Waals surface area contributed by atoms with Crippen molar-refractivity contribution >= 4 is 17.4 Å². The number of alkyl halides is 4. The molecule has 1 aromatic carbocycles. The van der Waals surface area contributed by atoms with Crippen molar-refractivity contribution in [3.63, 3.8) is 0 Å². The molecule has 0 saturated carbocycles. The molecular weight excluding hydrogens is 255 g/mol. The summed E-state index contributed by atoms with van der Waals surface area (Å²) < 4.78 is 38.0. The molecule has 0 unspecified atom stereocenters. The quantitative estimate of drug-likeness (QED) is 0.605. The van der Waals surface area contributed by atoms with E-state index >= 15 is 0 Å². The van der Waals surface area contributed by atoms with Crippen LogP contribution in [-0.2, 0) is 6.18 Å². The molecule has 0 aliphatic carbocycles. The number of carbonyl (C=O) groups is 1. The fourth-order valence-corrected chi connectivity index (χ4v) is 1.57. The number of rotatable bonds is 2. The van der Waals surface area contributed by atoms with Crippen molar-refractivity contribution in [1.82, 2.24) is 0 Å². The highest BCUT2D eigenvalue weighted by Gasteiger charge is 2.35. The fourth-order valence-electron chi connectivity index (χ4n) is 1.42. The number of halogens is 4. The molecule has 0 fully saturated rings. The number of aryl methyl sites for hydroxylation is 1. The van der Waals surface area contributed by atoms with Gasteiger partial charge in [0.25, 0.3) is 0 Å².